The molecule has 0 aromatic heterocycles. The third kappa shape index (κ3) is 2.47. The predicted molar refractivity (Wildman–Crippen MR) is 85.4 cm³/mol. The number of amides is 1. The summed E-state index contributed by atoms with van der Waals surface area (Å²) in [6, 6.07) is 9.51. The number of hydrogen-bond acceptors (Lipinski definition) is 4. The van der Waals surface area contributed by atoms with Crippen LogP contribution >= 0.6 is 12.8 Å². The molecule has 1 N–H and O–H groups in total. The number of carbonyl (C=O) groups is 1. The Hall–Kier alpha value is -1.04. The van der Waals surface area contributed by atoms with Crippen LogP contribution in [0.5, 0.6) is 0 Å². The highest BCUT2D eigenvalue weighted by Gasteiger charge is 2.53. The van der Waals surface area contributed by atoms with Gasteiger partial charge in [0.1, 0.15) is 0 Å². The van der Waals surface area contributed by atoms with E-state index in [9.17, 15) is 4.79 Å². The van der Waals surface area contributed by atoms with Crippen molar-refractivity contribution < 1.29 is 9.53 Å². The highest BCUT2D eigenvalue weighted by molar-refractivity contribution is 7.78. The van der Waals surface area contributed by atoms with Crippen LogP contribution in [0.1, 0.15) is 30.1 Å². The lowest BCUT2D eigenvalue weighted by atomic mass is 9.67. The van der Waals surface area contributed by atoms with Crippen molar-refractivity contribution in [1.29, 1.82) is 0 Å². The Bertz CT molecular complexity index is 514. The van der Waals surface area contributed by atoms with Crippen LogP contribution in [-0.4, -0.2) is 42.6 Å². The molecule has 21 heavy (non-hydrogen) atoms. The quantitative estimate of drug-likeness (QED) is 0.823. The zero-order chi connectivity index (χ0) is 14.9. The third-order valence-electron chi connectivity index (χ3n) is 5.21. The van der Waals surface area contributed by atoms with Gasteiger partial charge in [-0.15, -0.1) is 0 Å². The molecule has 2 fully saturated rings. The summed E-state index contributed by atoms with van der Waals surface area (Å²) in [5.41, 5.74) is 0.742. The van der Waals surface area contributed by atoms with Gasteiger partial charge in [-0.2, -0.15) is 0 Å². The van der Waals surface area contributed by atoms with Crippen LogP contribution in [-0.2, 0) is 4.74 Å². The van der Waals surface area contributed by atoms with Crippen molar-refractivity contribution in [3.8, 4) is 0 Å². The minimum absolute atomic E-state index is 0.0855. The van der Waals surface area contributed by atoms with Crippen molar-refractivity contribution in [2.75, 3.05) is 26.3 Å². The average molecular weight is 306 g/mol. The standard InChI is InChI=1S/C16H22N2O2S/c1-15(17-21)11-20-12-16(15)7-9-18(10-8-16)14(19)13-5-3-2-4-6-13/h2-6,17,21H,7-12H2,1H3. The third-order valence-corrected chi connectivity index (χ3v) is 5.71. The molecule has 0 bridgehead atoms. The van der Waals surface area contributed by atoms with Crippen molar-refractivity contribution in [3.63, 3.8) is 0 Å². The second-order valence-electron chi connectivity index (χ2n) is 6.38. The predicted octanol–water partition coefficient (Wildman–Crippen LogP) is 2.13. The molecule has 2 aliphatic rings. The number of hydrogen-bond donors (Lipinski definition) is 2. The van der Waals surface area contributed by atoms with Gasteiger partial charge in [-0.05, 0) is 31.9 Å². The Labute approximate surface area is 131 Å². The second kappa shape index (κ2) is 5.63. The van der Waals surface area contributed by atoms with Gasteiger partial charge in [0.25, 0.3) is 5.91 Å². The molecule has 5 heteroatoms. The minimum atomic E-state index is -0.113. The van der Waals surface area contributed by atoms with E-state index in [1.165, 1.54) is 0 Å². The topological polar surface area (TPSA) is 41.6 Å². The normalized spacial score (nSPS) is 28.0. The molecule has 114 valence electrons. The maximum atomic E-state index is 12.5. The Morgan fingerprint density at radius 2 is 1.90 bits per heavy atom. The van der Waals surface area contributed by atoms with Crippen LogP contribution in [0.25, 0.3) is 0 Å². The van der Waals surface area contributed by atoms with Crippen molar-refractivity contribution >= 4 is 18.7 Å². The molecule has 1 aromatic rings. The number of thiol groups is 1. The Balaban J connectivity index is 1.70. The van der Waals surface area contributed by atoms with Gasteiger partial charge in [0.2, 0.25) is 0 Å². The number of nitrogens with one attached hydrogen (secondary N) is 1. The van der Waals surface area contributed by atoms with Crippen molar-refractivity contribution in [3.05, 3.63) is 35.9 Å². The molecule has 0 radical (unpaired) electrons. The summed E-state index contributed by atoms with van der Waals surface area (Å²) >= 11 is 4.30. The van der Waals surface area contributed by atoms with Gasteiger partial charge in [-0.3, -0.25) is 9.52 Å². The van der Waals surface area contributed by atoms with Gasteiger partial charge in [-0.1, -0.05) is 31.0 Å². The van der Waals surface area contributed by atoms with Crippen molar-refractivity contribution in [1.82, 2.24) is 9.62 Å². The molecule has 1 aromatic carbocycles. The average Bonchev–Trinajstić information content (AvgIpc) is 2.85. The van der Waals surface area contributed by atoms with E-state index in [1.807, 2.05) is 35.2 Å². The number of ether oxygens (including phenoxy) is 1. The molecule has 2 saturated heterocycles. The Morgan fingerprint density at radius 1 is 1.24 bits per heavy atom. The number of piperidine rings is 1. The van der Waals surface area contributed by atoms with Gasteiger partial charge in [0.05, 0.1) is 18.8 Å². The maximum Gasteiger partial charge on any atom is 0.253 e. The fourth-order valence-electron chi connectivity index (χ4n) is 3.51. The lowest BCUT2D eigenvalue weighted by molar-refractivity contribution is 0.0407. The molecule has 3 rings (SSSR count). The summed E-state index contributed by atoms with van der Waals surface area (Å²) in [5.74, 6) is 0.130. The number of nitrogens with zero attached hydrogens (tertiary/aromatic N) is 1. The second-order valence-corrected chi connectivity index (χ2v) is 6.60. The fraction of sp³-hybridized carbons (Fsp3) is 0.562. The summed E-state index contributed by atoms with van der Waals surface area (Å²) in [7, 11) is 0. The van der Waals surface area contributed by atoms with E-state index in [4.69, 9.17) is 4.74 Å². The number of carbonyl (C=O) groups excluding carboxylic acids is 1. The molecular weight excluding hydrogens is 284 g/mol. The summed E-state index contributed by atoms with van der Waals surface area (Å²) in [5, 5.41) is 0. The lowest BCUT2D eigenvalue weighted by Crippen LogP contribution is -2.57. The number of benzene rings is 1. The maximum absolute atomic E-state index is 12.5. The Morgan fingerprint density at radius 3 is 2.52 bits per heavy atom. The number of rotatable bonds is 2. The van der Waals surface area contributed by atoms with Gasteiger partial charge < -0.3 is 9.64 Å². The summed E-state index contributed by atoms with van der Waals surface area (Å²) in [6.07, 6.45) is 1.91. The molecule has 0 aliphatic carbocycles. The van der Waals surface area contributed by atoms with Gasteiger partial charge in [-0.25, -0.2) is 0 Å². The van der Waals surface area contributed by atoms with Gasteiger partial charge >= 0.3 is 0 Å². The molecule has 0 saturated carbocycles. The van der Waals surface area contributed by atoms with E-state index in [-0.39, 0.29) is 16.9 Å². The summed E-state index contributed by atoms with van der Waals surface area (Å²) in [4.78, 5) is 14.5. The van der Waals surface area contributed by atoms with Crippen LogP contribution in [0, 0.1) is 5.41 Å². The molecule has 4 nitrogen and oxygen atoms in total. The molecule has 1 unspecified atom stereocenters. The van der Waals surface area contributed by atoms with E-state index < -0.39 is 0 Å². The van der Waals surface area contributed by atoms with E-state index in [1.54, 1.807) is 0 Å². The monoisotopic (exact) mass is 306 g/mol. The first-order chi connectivity index (χ1) is 10.1. The molecule has 2 heterocycles. The van der Waals surface area contributed by atoms with Crippen LogP contribution in [0.3, 0.4) is 0 Å². The zero-order valence-corrected chi connectivity index (χ0v) is 13.2. The first-order valence-electron chi connectivity index (χ1n) is 7.44. The SMILES string of the molecule is CC1(NS)COCC12CCN(C(=O)c1ccccc1)CC2. The molecule has 2 aliphatic heterocycles. The van der Waals surface area contributed by atoms with E-state index >= 15 is 0 Å². The lowest BCUT2D eigenvalue weighted by Gasteiger charge is -2.46. The van der Waals surface area contributed by atoms with E-state index in [0.29, 0.717) is 6.61 Å². The first kappa shape index (κ1) is 14.9. The largest absolute Gasteiger partial charge is 0.379 e. The fourth-order valence-corrected chi connectivity index (χ4v) is 3.81. The minimum Gasteiger partial charge on any atom is -0.379 e. The van der Waals surface area contributed by atoms with Crippen LogP contribution in [0.15, 0.2) is 30.3 Å². The van der Waals surface area contributed by atoms with E-state index in [0.717, 1.165) is 38.1 Å². The van der Waals surface area contributed by atoms with Gasteiger partial charge in [0, 0.05) is 24.1 Å². The molecule has 1 atom stereocenters. The first-order valence-corrected chi connectivity index (χ1v) is 7.88. The summed E-state index contributed by atoms with van der Waals surface area (Å²) < 4.78 is 8.85. The van der Waals surface area contributed by atoms with Crippen molar-refractivity contribution in [2.24, 2.45) is 5.41 Å². The van der Waals surface area contributed by atoms with Crippen LogP contribution in [0.4, 0.5) is 0 Å². The number of likely N-dealkylation sites (tertiary alicyclic amines) is 1. The van der Waals surface area contributed by atoms with Gasteiger partial charge in [0.15, 0.2) is 0 Å². The van der Waals surface area contributed by atoms with E-state index in [2.05, 4.69) is 24.5 Å². The highest BCUT2D eigenvalue weighted by Crippen LogP contribution is 2.46. The van der Waals surface area contributed by atoms with Crippen molar-refractivity contribution in [2.45, 2.75) is 25.3 Å². The highest BCUT2D eigenvalue weighted by atomic mass is 32.1. The zero-order valence-electron chi connectivity index (χ0n) is 12.3. The summed E-state index contributed by atoms with van der Waals surface area (Å²) in [6.45, 7) is 5.17. The molecule has 1 amide bonds. The van der Waals surface area contributed by atoms with Crippen LogP contribution in [0.2, 0.25) is 0 Å². The molecular formula is C16H22N2O2S. The van der Waals surface area contributed by atoms with Crippen LogP contribution < -0.4 is 4.72 Å². The Kier molecular flexibility index (Phi) is 3.99. The molecule has 1 spiro atoms. The smallest absolute Gasteiger partial charge is 0.253 e.